The van der Waals surface area contributed by atoms with Crippen molar-refractivity contribution in [3.8, 4) is 5.75 Å². The summed E-state index contributed by atoms with van der Waals surface area (Å²) in [7, 11) is 0. The molecule has 3 rings (SSSR count). The fourth-order valence-electron chi connectivity index (χ4n) is 2.48. The maximum atomic E-state index is 12.1. The van der Waals surface area contributed by atoms with Crippen LogP contribution in [-0.4, -0.2) is 12.5 Å². The molecule has 0 aliphatic rings. The van der Waals surface area contributed by atoms with E-state index in [1.165, 1.54) is 0 Å². The van der Waals surface area contributed by atoms with Crippen molar-refractivity contribution in [2.75, 3.05) is 6.61 Å². The first-order valence-corrected chi connectivity index (χ1v) is 8.57. The predicted molar refractivity (Wildman–Crippen MR) is 92.0 cm³/mol. The van der Waals surface area contributed by atoms with Gasteiger partial charge in [0.1, 0.15) is 5.76 Å². The average molecular weight is 329 g/mol. The van der Waals surface area contributed by atoms with Gasteiger partial charge >= 0.3 is 0 Å². The average Bonchev–Trinajstić information content (AvgIpc) is 3.16. The summed E-state index contributed by atoms with van der Waals surface area (Å²) in [6.45, 7) is 4.45. The lowest BCUT2D eigenvalue weighted by Gasteiger charge is -2.11. The molecule has 0 saturated carbocycles. The Bertz CT molecular complexity index is 792. The topological polar surface area (TPSA) is 51.5 Å². The van der Waals surface area contributed by atoms with E-state index in [1.807, 2.05) is 54.9 Å². The molecule has 0 fully saturated rings. The quantitative estimate of drug-likeness (QED) is 0.733. The molecule has 1 amide bonds. The van der Waals surface area contributed by atoms with E-state index in [9.17, 15) is 4.79 Å². The minimum atomic E-state index is -0.192. The SMILES string of the molecule is CCOc1cccc2cc(C(C)NC(=O)Cc3ccsc3)oc12. The van der Waals surface area contributed by atoms with Crippen molar-refractivity contribution in [2.24, 2.45) is 0 Å². The van der Waals surface area contributed by atoms with Crippen molar-refractivity contribution in [1.82, 2.24) is 5.32 Å². The summed E-state index contributed by atoms with van der Waals surface area (Å²) in [5, 5.41) is 7.91. The highest BCUT2D eigenvalue weighted by Gasteiger charge is 2.16. The second kappa shape index (κ2) is 6.87. The monoisotopic (exact) mass is 329 g/mol. The molecular formula is C18H19NO3S. The fraction of sp³-hybridized carbons (Fsp3) is 0.278. The Balaban J connectivity index is 1.74. The zero-order chi connectivity index (χ0) is 16.2. The zero-order valence-electron chi connectivity index (χ0n) is 13.2. The number of fused-ring (bicyclic) bond motifs is 1. The minimum absolute atomic E-state index is 0.0126. The number of hydrogen-bond donors (Lipinski definition) is 1. The highest BCUT2D eigenvalue weighted by Crippen LogP contribution is 2.31. The molecule has 0 aliphatic heterocycles. The van der Waals surface area contributed by atoms with Crippen LogP contribution in [0.5, 0.6) is 5.75 Å². The molecular weight excluding hydrogens is 310 g/mol. The highest BCUT2D eigenvalue weighted by atomic mass is 32.1. The maximum absolute atomic E-state index is 12.1. The highest BCUT2D eigenvalue weighted by molar-refractivity contribution is 7.08. The maximum Gasteiger partial charge on any atom is 0.225 e. The number of nitrogens with one attached hydrogen (secondary N) is 1. The number of amides is 1. The Morgan fingerprint density at radius 1 is 1.39 bits per heavy atom. The molecule has 0 saturated heterocycles. The summed E-state index contributed by atoms with van der Waals surface area (Å²) >= 11 is 1.59. The minimum Gasteiger partial charge on any atom is -0.490 e. The molecule has 2 heterocycles. The molecule has 0 radical (unpaired) electrons. The molecule has 1 atom stereocenters. The summed E-state index contributed by atoms with van der Waals surface area (Å²) in [6, 6.07) is 9.52. The van der Waals surface area contributed by atoms with E-state index in [-0.39, 0.29) is 11.9 Å². The number of hydrogen-bond acceptors (Lipinski definition) is 4. The van der Waals surface area contributed by atoms with Crippen LogP contribution < -0.4 is 10.1 Å². The van der Waals surface area contributed by atoms with Crippen molar-refractivity contribution >= 4 is 28.2 Å². The Morgan fingerprint density at radius 2 is 2.26 bits per heavy atom. The van der Waals surface area contributed by atoms with E-state index in [0.29, 0.717) is 13.0 Å². The van der Waals surface area contributed by atoms with Crippen LogP contribution in [0, 0.1) is 0 Å². The molecule has 4 nitrogen and oxygen atoms in total. The second-order valence-corrected chi connectivity index (χ2v) is 6.13. The van der Waals surface area contributed by atoms with E-state index in [1.54, 1.807) is 11.3 Å². The van der Waals surface area contributed by atoms with Gasteiger partial charge in [-0.15, -0.1) is 0 Å². The number of thiophene rings is 1. The molecule has 2 aromatic heterocycles. The number of carbonyl (C=O) groups is 1. The second-order valence-electron chi connectivity index (χ2n) is 5.35. The van der Waals surface area contributed by atoms with Gasteiger partial charge in [0.2, 0.25) is 5.91 Å². The van der Waals surface area contributed by atoms with Crippen molar-refractivity contribution in [2.45, 2.75) is 26.3 Å². The third-order valence-corrected chi connectivity index (χ3v) is 4.31. The van der Waals surface area contributed by atoms with E-state index in [0.717, 1.165) is 28.0 Å². The van der Waals surface area contributed by atoms with Crippen molar-refractivity contribution in [3.63, 3.8) is 0 Å². The summed E-state index contributed by atoms with van der Waals surface area (Å²) in [5.41, 5.74) is 1.76. The lowest BCUT2D eigenvalue weighted by Crippen LogP contribution is -2.27. The Kier molecular flexibility index (Phi) is 4.67. The molecule has 0 spiro atoms. The number of para-hydroxylation sites is 1. The van der Waals surface area contributed by atoms with Crippen LogP contribution in [0.3, 0.4) is 0 Å². The number of rotatable bonds is 6. The molecule has 1 aromatic carbocycles. The molecule has 0 bridgehead atoms. The summed E-state index contributed by atoms with van der Waals surface area (Å²) in [4.78, 5) is 12.1. The van der Waals surface area contributed by atoms with Crippen LogP contribution in [0.25, 0.3) is 11.0 Å². The van der Waals surface area contributed by atoms with Gasteiger partial charge in [-0.1, -0.05) is 12.1 Å². The lowest BCUT2D eigenvalue weighted by molar-refractivity contribution is -0.121. The van der Waals surface area contributed by atoms with Gasteiger partial charge in [0.25, 0.3) is 0 Å². The van der Waals surface area contributed by atoms with Crippen molar-refractivity contribution < 1.29 is 13.9 Å². The molecule has 120 valence electrons. The van der Waals surface area contributed by atoms with Crippen LogP contribution >= 0.6 is 11.3 Å². The lowest BCUT2D eigenvalue weighted by atomic mass is 10.2. The van der Waals surface area contributed by atoms with Crippen LogP contribution in [0.2, 0.25) is 0 Å². The Hall–Kier alpha value is -2.27. The smallest absolute Gasteiger partial charge is 0.225 e. The molecule has 1 unspecified atom stereocenters. The Labute approximate surface area is 139 Å². The molecule has 23 heavy (non-hydrogen) atoms. The molecule has 1 N–H and O–H groups in total. The fourth-order valence-corrected chi connectivity index (χ4v) is 3.15. The van der Waals surface area contributed by atoms with Gasteiger partial charge in [0.05, 0.1) is 19.1 Å². The van der Waals surface area contributed by atoms with Crippen molar-refractivity contribution in [3.05, 3.63) is 52.4 Å². The van der Waals surface area contributed by atoms with Crippen LogP contribution in [0.4, 0.5) is 0 Å². The van der Waals surface area contributed by atoms with Gasteiger partial charge in [0.15, 0.2) is 11.3 Å². The first-order valence-electron chi connectivity index (χ1n) is 7.63. The van der Waals surface area contributed by atoms with Crippen molar-refractivity contribution in [1.29, 1.82) is 0 Å². The normalized spacial score (nSPS) is 12.3. The number of furan rings is 1. The van der Waals surface area contributed by atoms with Crippen LogP contribution in [0.15, 0.2) is 45.5 Å². The third-order valence-electron chi connectivity index (χ3n) is 3.58. The van der Waals surface area contributed by atoms with Gasteiger partial charge in [-0.25, -0.2) is 0 Å². The van der Waals surface area contributed by atoms with E-state index in [4.69, 9.17) is 9.15 Å². The van der Waals surface area contributed by atoms with E-state index >= 15 is 0 Å². The zero-order valence-corrected chi connectivity index (χ0v) is 14.0. The summed E-state index contributed by atoms with van der Waals surface area (Å²) in [5.74, 6) is 1.44. The van der Waals surface area contributed by atoms with Crippen LogP contribution in [0.1, 0.15) is 31.2 Å². The van der Waals surface area contributed by atoms with Crippen LogP contribution in [-0.2, 0) is 11.2 Å². The predicted octanol–water partition coefficient (Wildman–Crippen LogP) is 4.31. The number of carbonyl (C=O) groups excluding carboxylic acids is 1. The Morgan fingerprint density at radius 3 is 3.00 bits per heavy atom. The molecule has 3 aromatic rings. The van der Waals surface area contributed by atoms with Gasteiger partial charge in [-0.05, 0) is 48.4 Å². The van der Waals surface area contributed by atoms with Gasteiger partial charge in [-0.2, -0.15) is 11.3 Å². The van der Waals surface area contributed by atoms with Gasteiger partial charge in [-0.3, -0.25) is 4.79 Å². The number of ether oxygens (including phenoxy) is 1. The van der Waals surface area contributed by atoms with Gasteiger partial charge < -0.3 is 14.5 Å². The van der Waals surface area contributed by atoms with E-state index < -0.39 is 0 Å². The van der Waals surface area contributed by atoms with E-state index in [2.05, 4.69) is 5.32 Å². The summed E-state index contributed by atoms with van der Waals surface area (Å²) < 4.78 is 11.5. The largest absolute Gasteiger partial charge is 0.490 e. The summed E-state index contributed by atoms with van der Waals surface area (Å²) in [6.07, 6.45) is 0.387. The van der Waals surface area contributed by atoms with Gasteiger partial charge in [0, 0.05) is 5.39 Å². The number of benzene rings is 1. The molecule has 5 heteroatoms. The first-order chi connectivity index (χ1) is 11.2. The molecule has 0 aliphatic carbocycles. The first kappa shape index (κ1) is 15.6. The standard InChI is InChI=1S/C18H19NO3S/c1-3-21-15-6-4-5-14-10-16(22-18(14)15)12(2)19-17(20)9-13-7-8-23-11-13/h4-8,10-12H,3,9H2,1-2H3,(H,19,20). The third kappa shape index (κ3) is 3.56.